The van der Waals surface area contributed by atoms with Gasteiger partial charge in [0.1, 0.15) is 20.0 Å². The Balaban J connectivity index is 0.000000247. The molecule has 0 aliphatic rings. The molecule has 141 heavy (non-hydrogen) atoms. The van der Waals surface area contributed by atoms with E-state index in [1.54, 1.807) is 205 Å². The van der Waals surface area contributed by atoms with E-state index in [1.807, 2.05) is 52.0 Å². The standard InChI is InChI=1S/C25H31N5O5S2.C21H22N4O6S2.C21H24N4O4S2.C19H20N4O4S2.C4H7NS.C2H3ClO2/c1-15(2)27-23(31)28-17-9-7-16(8-10-17)22-26-14-20(36-22)19-12-11-18(29-24(32)35-6)13-21(19)37(33,34)30-25(3,4)5;1-21(2,3)24-33(29,30)18-11-14(23-20(26)31-4)7-10-16(18)17-12-22-19(32-17)13-5-8-15(9-6-13)25(27)28;1-21(2,3)25-31(27,28)18-11-15(24-20(26)29-4)9-10-16(18)17-12-23-19(30-17)13-5-7-14(22)8-6-13;1-19(2,3)22-29(26,27)17-10-13(20)6-9-15(17)16-11-21-18(28-16)12-4-7-14(8-5-12)23(24)25;1-4(2)5-3-6;1-5-2(3)4/h7-15,30H,1-6H3,(H,29,32)(H2,27,28,31);5-12,24H,1-4H3,(H,23,26);5-12,25H,22H2,1-4H3,(H,24,26);4-11,22H,20H2,1-3H3;4H,1-2H3;1H3. The minimum atomic E-state index is -3.97. The number of aromatic nitrogens is 4. The number of aliphatic imine (C=N–C) groups is 1. The van der Waals surface area contributed by atoms with E-state index in [2.05, 4.69) is 118 Å². The summed E-state index contributed by atoms with van der Waals surface area (Å²) < 4.78 is 133. The Morgan fingerprint density at radius 3 is 0.879 bits per heavy atom. The predicted octanol–water partition coefficient (Wildman–Crippen LogP) is 20.8. The highest BCUT2D eigenvalue weighted by molar-refractivity contribution is 7.90. The molecule has 49 heteroatoms. The summed E-state index contributed by atoms with van der Waals surface area (Å²) in [6, 6.07) is 45.0. The molecule has 39 nitrogen and oxygen atoms in total. The van der Waals surface area contributed by atoms with Gasteiger partial charge in [-0.05, 0) is 244 Å². The van der Waals surface area contributed by atoms with Gasteiger partial charge in [-0.3, -0.25) is 36.2 Å². The van der Waals surface area contributed by atoms with Gasteiger partial charge in [0.15, 0.2) is 0 Å². The number of nitro groups is 2. The number of nitrogens with two attached hydrogens (primary N) is 2. The van der Waals surface area contributed by atoms with Gasteiger partial charge in [-0.2, -0.15) is 0 Å². The van der Waals surface area contributed by atoms with Gasteiger partial charge in [0.25, 0.3) is 11.4 Å². The third kappa shape index (κ3) is 36.2. The van der Waals surface area contributed by atoms with Crippen molar-refractivity contribution in [3.63, 3.8) is 0 Å². The smallest absolute Gasteiger partial charge is 0.411 e. The van der Waals surface area contributed by atoms with Gasteiger partial charge < -0.3 is 41.0 Å². The number of sulfonamides is 4. The van der Waals surface area contributed by atoms with E-state index in [9.17, 15) is 77.9 Å². The van der Waals surface area contributed by atoms with Crippen molar-refractivity contribution in [2.75, 3.05) is 61.2 Å². The number of nitro benzene ring substituents is 2. The van der Waals surface area contributed by atoms with E-state index >= 15 is 0 Å². The first-order valence-corrected chi connectivity index (χ1v) is 51.9. The van der Waals surface area contributed by atoms with Gasteiger partial charge in [0.05, 0.1) is 88.6 Å². The molecule has 4 heterocycles. The molecule has 0 atom stereocenters. The average Bonchev–Trinajstić information content (AvgIpc) is 1.77. The van der Waals surface area contributed by atoms with Crippen LogP contribution < -0.4 is 56.9 Å². The summed E-state index contributed by atoms with van der Waals surface area (Å²) in [5, 5.41) is 39.6. The van der Waals surface area contributed by atoms with Crippen LogP contribution >= 0.6 is 69.2 Å². The Morgan fingerprint density at radius 1 is 0.397 bits per heavy atom. The Bertz CT molecular complexity index is 6990. The van der Waals surface area contributed by atoms with Crippen LogP contribution in [0.1, 0.15) is 111 Å². The molecular formula is C92H107ClN18O21S9. The highest BCUT2D eigenvalue weighted by Crippen LogP contribution is 2.43. The van der Waals surface area contributed by atoms with Crippen molar-refractivity contribution in [3.05, 3.63) is 215 Å². The Labute approximate surface area is 843 Å². The first-order chi connectivity index (χ1) is 65.6. The van der Waals surface area contributed by atoms with E-state index in [4.69, 9.17) is 11.5 Å². The van der Waals surface area contributed by atoms with Gasteiger partial charge in [0.2, 0.25) is 40.1 Å². The molecule has 0 saturated carbocycles. The summed E-state index contributed by atoms with van der Waals surface area (Å²) in [4.78, 5) is 101. The van der Waals surface area contributed by atoms with Crippen LogP contribution in [0, 0.1) is 20.2 Å². The first-order valence-electron chi connectivity index (χ1n) is 41.9. The summed E-state index contributed by atoms with van der Waals surface area (Å²) in [7, 11) is -10.8. The number of nitrogen functional groups attached to an aromatic ring is 2. The van der Waals surface area contributed by atoms with Gasteiger partial charge in [-0.25, -0.2) is 101 Å². The quantitative estimate of drug-likeness (QED) is 0.00509. The normalized spacial score (nSPS) is 11.5. The molecule has 0 spiro atoms. The lowest BCUT2D eigenvalue weighted by Gasteiger charge is -2.22. The van der Waals surface area contributed by atoms with Crippen LogP contribution in [-0.2, 0) is 59.0 Å². The number of ether oxygens (including phenoxy) is 4. The molecule has 0 aliphatic heterocycles. The number of rotatable bonds is 24. The van der Waals surface area contributed by atoms with E-state index in [1.165, 1.54) is 122 Å². The summed E-state index contributed by atoms with van der Waals surface area (Å²) in [6.07, 6.45) is 4.25. The number of anilines is 6. The number of methoxy groups -OCH3 is 4. The van der Waals surface area contributed by atoms with Crippen molar-refractivity contribution in [3.8, 4) is 84.0 Å². The van der Waals surface area contributed by atoms with Crippen molar-refractivity contribution in [1.29, 1.82) is 0 Å². The Hall–Kier alpha value is -13.0. The lowest BCUT2D eigenvalue weighted by Crippen LogP contribution is -2.40. The van der Waals surface area contributed by atoms with Crippen molar-refractivity contribution in [1.82, 2.24) is 44.1 Å². The molecule has 0 fully saturated rings. The zero-order chi connectivity index (χ0) is 105. The zero-order valence-corrected chi connectivity index (χ0v) is 88.1. The van der Waals surface area contributed by atoms with Crippen LogP contribution in [0.2, 0.25) is 0 Å². The number of nitrogens with one attached hydrogen (secondary N) is 9. The van der Waals surface area contributed by atoms with Crippen molar-refractivity contribution in [2.45, 2.75) is 165 Å². The van der Waals surface area contributed by atoms with Crippen LogP contribution in [0.3, 0.4) is 0 Å². The maximum Gasteiger partial charge on any atom is 0.411 e. The predicted molar refractivity (Wildman–Crippen MR) is 558 cm³/mol. The number of urea groups is 1. The fraction of sp³-hybridized carbons (Fsp3) is 0.283. The van der Waals surface area contributed by atoms with Crippen LogP contribution in [0.4, 0.5) is 69.5 Å². The van der Waals surface area contributed by atoms with E-state index in [-0.39, 0.29) is 54.4 Å². The molecule has 0 bridgehead atoms. The van der Waals surface area contributed by atoms with E-state index in [0.29, 0.717) is 96.7 Å². The van der Waals surface area contributed by atoms with Crippen molar-refractivity contribution < 1.29 is 86.4 Å². The molecule has 0 aliphatic carbocycles. The monoisotopic (exact) mass is 2120 g/mol. The zero-order valence-electron chi connectivity index (χ0n) is 80.0. The fourth-order valence-corrected chi connectivity index (χ4v) is 22.8. The summed E-state index contributed by atoms with van der Waals surface area (Å²) in [6.45, 7) is 28.6. The fourth-order valence-electron chi connectivity index (χ4n) is 11.8. The second-order valence-electron chi connectivity index (χ2n) is 34.6. The third-order valence-corrected chi connectivity index (χ3v) is 29.1. The van der Waals surface area contributed by atoms with Crippen LogP contribution in [0.15, 0.2) is 219 Å². The Morgan fingerprint density at radius 2 is 0.645 bits per heavy atom. The molecule has 5 amide bonds. The number of amides is 5. The molecule has 752 valence electrons. The van der Waals surface area contributed by atoms with Crippen molar-refractivity contribution in [2.24, 2.45) is 4.99 Å². The largest absolute Gasteiger partial charge is 0.457 e. The minimum Gasteiger partial charge on any atom is -0.457 e. The molecular weight excluding hydrogens is 2020 g/mol. The highest BCUT2D eigenvalue weighted by Gasteiger charge is 2.33. The molecule has 12 rings (SSSR count). The number of carbonyl (C=O) groups is 5. The number of nitrogens with zero attached hydrogens (tertiary/aromatic N) is 7. The number of isothiocyanates is 1. The molecule has 8 aromatic carbocycles. The highest BCUT2D eigenvalue weighted by atomic mass is 35.5. The number of benzene rings is 8. The second-order valence-corrected chi connectivity index (χ2v) is 45.8. The summed E-state index contributed by atoms with van der Waals surface area (Å²) >= 11 is 14.1. The number of non-ortho nitro benzene ring substituents is 2. The van der Waals surface area contributed by atoms with E-state index < -0.39 is 95.8 Å². The minimum absolute atomic E-state index is 0.00207. The van der Waals surface area contributed by atoms with Crippen LogP contribution in [0.5, 0.6) is 0 Å². The lowest BCUT2D eigenvalue weighted by molar-refractivity contribution is -0.385. The number of hydrogen-bond acceptors (Lipinski definition) is 33. The summed E-state index contributed by atoms with van der Waals surface area (Å²) in [5.74, 6) is 0. The van der Waals surface area contributed by atoms with Crippen LogP contribution in [-0.4, -0.2) is 161 Å². The lowest BCUT2D eigenvalue weighted by atomic mass is 10.1. The first kappa shape index (κ1) is 115. The SMILES string of the molecule is CC(C)(C)NS(=O)(=O)c1cc(N)ccc1-c1cnc(-c2ccc([N+](=O)[O-])cc2)s1.CC(C)N=C=S.COC(=O)Cl.COC(=O)Nc1ccc(-c2cnc(-c3ccc(N)cc3)s2)c(S(=O)(=O)NC(C)(C)C)c1.COC(=O)Nc1ccc(-c2cnc(-c3ccc(NC(=O)NC(C)C)cc3)s2)c(S(=O)(=O)NC(C)(C)C)c1.COC(=O)Nc1ccc(-c2cnc(-c3ccc([N+](=O)[O-])cc3)s2)c(S(=O)(=O)NC(C)(C)C)c1. The van der Waals surface area contributed by atoms with Gasteiger partial charge in [0, 0.05) is 167 Å². The molecule has 0 saturated heterocycles. The van der Waals surface area contributed by atoms with Crippen molar-refractivity contribution >= 4 is 190 Å². The maximum atomic E-state index is 13.3. The number of thiazole rings is 4. The molecule has 0 radical (unpaired) electrons. The second kappa shape index (κ2) is 49.9. The van der Waals surface area contributed by atoms with Gasteiger partial charge in [-0.15, -0.1) is 45.3 Å². The maximum absolute atomic E-state index is 13.3. The number of thiocarbonyl (C=S) groups is 1. The molecule has 12 aromatic rings. The summed E-state index contributed by atoms with van der Waals surface area (Å²) in [5.41, 5.74) is 15.3. The van der Waals surface area contributed by atoms with E-state index in [0.717, 1.165) is 16.1 Å². The molecule has 13 N–H and O–H groups in total. The van der Waals surface area contributed by atoms with Gasteiger partial charge >= 0.3 is 29.7 Å². The average molecular weight is 2130 g/mol. The van der Waals surface area contributed by atoms with Crippen LogP contribution in [0.25, 0.3) is 84.0 Å². The number of hydrogen-bond donors (Lipinski definition) is 11. The third-order valence-electron chi connectivity index (χ3n) is 17.3. The molecule has 4 aromatic heterocycles. The topological polar surface area (TPSA) is 569 Å². The number of halogens is 1. The van der Waals surface area contributed by atoms with Gasteiger partial charge in [-0.1, -0.05) is 24.3 Å². The molecule has 0 unspecified atom stereocenters. The number of carbonyl (C=O) groups excluding carboxylic acids is 5. The Kier molecular flexibility index (Phi) is 40.7.